The average Bonchev–Trinajstić information content (AvgIpc) is 2.30. The van der Waals surface area contributed by atoms with Crippen LogP contribution in [-0.2, 0) is 20.7 Å². The third-order valence-electron chi connectivity index (χ3n) is 2.41. The summed E-state index contributed by atoms with van der Waals surface area (Å²) in [5.41, 5.74) is 7.82. The van der Waals surface area contributed by atoms with Crippen LogP contribution in [0, 0.1) is 0 Å². The van der Waals surface area contributed by atoms with Gasteiger partial charge in [0, 0.05) is 7.11 Å². The predicted molar refractivity (Wildman–Crippen MR) is 65.6 cm³/mol. The molecule has 1 atom stereocenters. The number of hydrogen-bond donors (Lipinski definition) is 1. The molecule has 1 rings (SSSR count). The third kappa shape index (κ3) is 4.54. The van der Waals surface area contributed by atoms with Crippen molar-refractivity contribution in [3.8, 4) is 0 Å². The fraction of sp³-hybridized carbons (Fsp3) is 0.462. The van der Waals surface area contributed by atoms with Crippen molar-refractivity contribution in [3.05, 3.63) is 35.4 Å². The Kier molecular flexibility index (Phi) is 5.66. The highest BCUT2D eigenvalue weighted by Gasteiger charge is 2.07. The minimum atomic E-state index is -0.207. The van der Waals surface area contributed by atoms with E-state index >= 15 is 0 Å². The van der Waals surface area contributed by atoms with Gasteiger partial charge in [-0.05, 0) is 18.1 Å². The van der Waals surface area contributed by atoms with Crippen molar-refractivity contribution in [1.82, 2.24) is 0 Å². The topological polar surface area (TPSA) is 61.5 Å². The van der Waals surface area contributed by atoms with Gasteiger partial charge in [0.25, 0.3) is 0 Å². The molecule has 0 bridgehead atoms. The molecule has 0 saturated carbocycles. The summed E-state index contributed by atoms with van der Waals surface area (Å²) in [6.45, 7) is 2.69. The van der Waals surface area contributed by atoms with Crippen molar-refractivity contribution in [2.24, 2.45) is 5.73 Å². The molecule has 0 spiro atoms. The van der Waals surface area contributed by atoms with Crippen LogP contribution in [0.25, 0.3) is 0 Å². The average molecular weight is 237 g/mol. The zero-order valence-electron chi connectivity index (χ0n) is 10.3. The molecule has 0 radical (unpaired) electrons. The van der Waals surface area contributed by atoms with Gasteiger partial charge in [0.05, 0.1) is 25.7 Å². The number of rotatable bonds is 6. The maximum absolute atomic E-state index is 11.3. The number of ether oxygens (including phenoxy) is 2. The fourth-order valence-electron chi connectivity index (χ4n) is 1.54. The lowest BCUT2D eigenvalue weighted by atomic mass is 10.0. The van der Waals surface area contributed by atoms with Crippen LogP contribution >= 0.6 is 0 Å². The van der Waals surface area contributed by atoms with Crippen molar-refractivity contribution in [2.75, 3.05) is 20.3 Å². The molecule has 0 amide bonds. The molecule has 94 valence electrons. The smallest absolute Gasteiger partial charge is 0.310 e. The molecule has 4 nitrogen and oxygen atoms in total. The zero-order valence-corrected chi connectivity index (χ0v) is 10.3. The Morgan fingerprint density at radius 1 is 1.35 bits per heavy atom. The highest BCUT2D eigenvalue weighted by molar-refractivity contribution is 5.72. The van der Waals surface area contributed by atoms with E-state index in [1.807, 2.05) is 24.3 Å². The number of carbonyl (C=O) groups is 1. The summed E-state index contributed by atoms with van der Waals surface area (Å²) in [5, 5.41) is 0. The van der Waals surface area contributed by atoms with Gasteiger partial charge in [0.2, 0.25) is 0 Å². The molecular weight excluding hydrogens is 218 g/mol. The maximum Gasteiger partial charge on any atom is 0.310 e. The second-order valence-electron chi connectivity index (χ2n) is 3.79. The third-order valence-corrected chi connectivity index (χ3v) is 2.41. The van der Waals surface area contributed by atoms with E-state index in [4.69, 9.17) is 15.2 Å². The van der Waals surface area contributed by atoms with Crippen LogP contribution in [0.5, 0.6) is 0 Å². The fourth-order valence-corrected chi connectivity index (χ4v) is 1.54. The Morgan fingerprint density at radius 2 is 2.00 bits per heavy atom. The zero-order chi connectivity index (χ0) is 12.7. The molecule has 0 fully saturated rings. The summed E-state index contributed by atoms with van der Waals surface area (Å²) in [4.78, 5) is 11.3. The van der Waals surface area contributed by atoms with Gasteiger partial charge in [-0.15, -0.1) is 0 Å². The predicted octanol–water partition coefficient (Wildman–Crippen LogP) is 1.44. The molecule has 0 aliphatic carbocycles. The number of hydrogen-bond acceptors (Lipinski definition) is 4. The number of esters is 1. The molecule has 17 heavy (non-hydrogen) atoms. The minimum Gasteiger partial charge on any atom is -0.466 e. The summed E-state index contributed by atoms with van der Waals surface area (Å²) in [6.07, 6.45) is 0.299. The summed E-state index contributed by atoms with van der Waals surface area (Å²) < 4.78 is 9.86. The number of nitrogens with two attached hydrogens (primary N) is 1. The Labute approximate surface area is 102 Å². The van der Waals surface area contributed by atoms with E-state index in [9.17, 15) is 4.79 Å². The lowest BCUT2D eigenvalue weighted by molar-refractivity contribution is -0.142. The van der Waals surface area contributed by atoms with E-state index in [0.29, 0.717) is 19.6 Å². The van der Waals surface area contributed by atoms with Crippen molar-refractivity contribution in [1.29, 1.82) is 0 Å². The van der Waals surface area contributed by atoms with Crippen LogP contribution in [0.2, 0.25) is 0 Å². The summed E-state index contributed by atoms with van der Waals surface area (Å²) in [5.74, 6) is -0.207. The van der Waals surface area contributed by atoms with Crippen LogP contribution in [0.3, 0.4) is 0 Å². The van der Waals surface area contributed by atoms with Crippen molar-refractivity contribution < 1.29 is 14.3 Å². The Hall–Kier alpha value is -1.39. The van der Waals surface area contributed by atoms with E-state index in [0.717, 1.165) is 11.1 Å². The highest BCUT2D eigenvalue weighted by atomic mass is 16.5. The van der Waals surface area contributed by atoms with E-state index in [-0.39, 0.29) is 12.0 Å². The summed E-state index contributed by atoms with van der Waals surface area (Å²) in [6, 6.07) is 7.48. The van der Waals surface area contributed by atoms with Gasteiger partial charge in [0.1, 0.15) is 0 Å². The standard InChI is InChI=1S/C13H19NO3/c1-3-17-13(15)8-10-4-6-11(7-5-10)12(14)9-16-2/h4-7,12H,3,8-9,14H2,1-2H3. The van der Waals surface area contributed by atoms with Gasteiger partial charge in [-0.3, -0.25) is 4.79 Å². The van der Waals surface area contributed by atoms with Gasteiger partial charge in [-0.1, -0.05) is 24.3 Å². The van der Waals surface area contributed by atoms with E-state index < -0.39 is 0 Å². The first-order valence-electron chi connectivity index (χ1n) is 5.66. The molecule has 1 unspecified atom stereocenters. The molecule has 2 N–H and O–H groups in total. The van der Waals surface area contributed by atoms with E-state index in [2.05, 4.69) is 0 Å². The van der Waals surface area contributed by atoms with Gasteiger partial charge in [-0.2, -0.15) is 0 Å². The first-order valence-corrected chi connectivity index (χ1v) is 5.66. The van der Waals surface area contributed by atoms with E-state index in [1.54, 1.807) is 14.0 Å². The van der Waals surface area contributed by atoms with Gasteiger partial charge in [-0.25, -0.2) is 0 Å². The van der Waals surface area contributed by atoms with Gasteiger partial charge in [0.15, 0.2) is 0 Å². The lowest BCUT2D eigenvalue weighted by Crippen LogP contribution is -2.16. The monoisotopic (exact) mass is 237 g/mol. The molecule has 0 heterocycles. The number of methoxy groups -OCH3 is 1. The maximum atomic E-state index is 11.3. The summed E-state index contributed by atoms with van der Waals surface area (Å²) in [7, 11) is 1.62. The first kappa shape index (κ1) is 13.7. The largest absolute Gasteiger partial charge is 0.466 e. The second-order valence-corrected chi connectivity index (χ2v) is 3.79. The molecular formula is C13H19NO3. The van der Waals surface area contributed by atoms with Crippen LogP contribution in [-0.4, -0.2) is 26.3 Å². The number of benzene rings is 1. The van der Waals surface area contributed by atoms with Crippen molar-refractivity contribution in [3.63, 3.8) is 0 Å². The van der Waals surface area contributed by atoms with Crippen LogP contribution in [0.15, 0.2) is 24.3 Å². The molecule has 4 heteroatoms. The highest BCUT2D eigenvalue weighted by Crippen LogP contribution is 2.12. The quantitative estimate of drug-likeness (QED) is 0.760. The van der Waals surface area contributed by atoms with Crippen LogP contribution in [0.1, 0.15) is 24.1 Å². The van der Waals surface area contributed by atoms with Gasteiger partial charge >= 0.3 is 5.97 Å². The van der Waals surface area contributed by atoms with Crippen LogP contribution < -0.4 is 5.73 Å². The Balaban J connectivity index is 2.58. The molecule has 0 aliphatic heterocycles. The summed E-state index contributed by atoms with van der Waals surface area (Å²) >= 11 is 0. The van der Waals surface area contributed by atoms with E-state index in [1.165, 1.54) is 0 Å². The Bertz CT molecular complexity index is 348. The van der Waals surface area contributed by atoms with Gasteiger partial charge < -0.3 is 15.2 Å². The molecule has 1 aromatic carbocycles. The minimum absolute atomic E-state index is 0.128. The van der Waals surface area contributed by atoms with Crippen LogP contribution in [0.4, 0.5) is 0 Å². The van der Waals surface area contributed by atoms with Crippen molar-refractivity contribution in [2.45, 2.75) is 19.4 Å². The molecule has 0 aliphatic rings. The normalized spacial score (nSPS) is 12.2. The molecule has 0 aromatic heterocycles. The van der Waals surface area contributed by atoms with Crippen molar-refractivity contribution >= 4 is 5.97 Å². The number of carbonyl (C=O) groups excluding carboxylic acids is 1. The SMILES string of the molecule is CCOC(=O)Cc1ccc(C(N)COC)cc1. The molecule has 1 aromatic rings. The molecule has 0 saturated heterocycles. The first-order chi connectivity index (χ1) is 8.17. The lowest BCUT2D eigenvalue weighted by Gasteiger charge is -2.11. The second kappa shape index (κ2) is 7.04. The Morgan fingerprint density at radius 3 is 2.53 bits per heavy atom.